The number of rotatable bonds is 7. The van der Waals surface area contributed by atoms with Gasteiger partial charge in [-0.2, -0.15) is 0 Å². The lowest BCUT2D eigenvalue weighted by Gasteiger charge is -2.32. The smallest absolute Gasteiger partial charge is 0.270 e. The fraction of sp³-hybridized carbons (Fsp3) is 0.567. The molecule has 2 saturated heterocycles. The minimum absolute atomic E-state index is 0.0249. The van der Waals surface area contributed by atoms with E-state index in [2.05, 4.69) is 51.6 Å². The molecule has 7 heteroatoms. The van der Waals surface area contributed by atoms with Gasteiger partial charge in [-0.15, -0.1) is 0 Å². The Morgan fingerprint density at radius 3 is 2.19 bits per heavy atom. The Balaban J connectivity index is 0.00000186. The van der Waals surface area contributed by atoms with Crippen LogP contribution in [0.2, 0.25) is 0 Å². The monoisotopic (exact) mass is 506 g/mol. The third kappa shape index (κ3) is 8.29. The molecule has 202 valence electrons. The molecule has 1 aromatic heterocycles. The Morgan fingerprint density at radius 1 is 0.946 bits per heavy atom. The normalized spacial score (nSPS) is 17.1. The van der Waals surface area contributed by atoms with Crippen molar-refractivity contribution in [2.45, 2.75) is 78.3 Å². The molecule has 0 radical (unpaired) electrons. The highest BCUT2D eigenvalue weighted by Crippen LogP contribution is 2.23. The second-order valence-electron chi connectivity index (χ2n) is 9.95. The Labute approximate surface area is 223 Å². The molecular formula is C30H46N6O. The maximum atomic E-state index is 12.9. The number of hydrogen-bond donors (Lipinski definition) is 3. The summed E-state index contributed by atoms with van der Waals surface area (Å²) in [4.78, 5) is 22.5. The third-order valence-corrected chi connectivity index (χ3v) is 7.24. The number of carbonyl (C=O) groups is 1. The number of hydrogen-bond acceptors (Lipinski definition) is 6. The van der Waals surface area contributed by atoms with Crippen LogP contribution in [-0.4, -0.2) is 60.8 Å². The maximum absolute atomic E-state index is 12.9. The predicted octanol–water partition coefficient (Wildman–Crippen LogP) is 5.38. The van der Waals surface area contributed by atoms with Gasteiger partial charge in [0.25, 0.3) is 5.91 Å². The van der Waals surface area contributed by atoms with E-state index in [1.807, 2.05) is 26.0 Å². The van der Waals surface area contributed by atoms with Gasteiger partial charge >= 0.3 is 0 Å². The first-order valence-electron chi connectivity index (χ1n) is 14.1. The number of nitrogens with one attached hydrogen (secondary N) is 3. The largest absolute Gasteiger partial charge is 0.373 e. The molecule has 0 unspecified atom stereocenters. The van der Waals surface area contributed by atoms with Crippen LogP contribution in [0, 0.1) is 12.3 Å². The molecule has 2 aromatic rings. The van der Waals surface area contributed by atoms with Crippen molar-refractivity contribution in [3.63, 3.8) is 0 Å². The summed E-state index contributed by atoms with van der Waals surface area (Å²) in [5, 5.41) is 14.8. The number of amides is 1. The number of carbonyl (C=O) groups excluding carboxylic acids is 1. The Morgan fingerprint density at radius 2 is 1.57 bits per heavy atom. The van der Waals surface area contributed by atoms with Crippen molar-refractivity contribution in [2.24, 2.45) is 0 Å². The van der Waals surface area contributed by atoms with Crippen LogP contribution >= 0.6 is 0 Å². The van der Waals surface area contributed by atoms with Crippen LogP contribution in [0.5, 0.6) is 0 Å². The lowest BCUT2D eigenvalue weighted by Crippen LogP contribution is -2.46. The van der Waals surface area contributed by atoms with Crippen molar-refractivity contribution >= 4 is 23.3 Å². The van der Waals surface area contributed by atoms with Gasteiger partial charge in [-0.05, 0) is 50.3 Å². The molecule has 7 nitrogen and oxygen atoms in total. The fourth-order valence-corrected chi connectivity index (χ4v) is 5.06. The minimum atomic E-state index is -0.320. The van der Waals surface area contributed by atoms with E-state index in [0.717, 1.165) is 51.4 Å². The van der Waals surface area contributed by atoms with Gasteiger partial charge in [0.2, 0.25) is 0 Å². The zero-order chi connectivity index (χ0) is 26.6. The van der Waals surface area contributed by atoms with Crippen LogP contribution in [0.4, 0.5) is 11.6 Å². The molecule has 37 heavy (non-hydrogen) atoms. The molecule has 2 aliphatic heterocycles. The van der Waals surface area contributed by atoms with Gasteiger partial charge in [-0.1, -0.05) is 62.9 Å². The summed E-state index contributed by atoms with van der Waals surface area (Å²) >= 11 is 0. The minimum Gasteiger partial charge on any atom is -0.373 e. The van der Waals surface area contributed by atoms with Gasteiger partial charge in [0.15, 0.2) is 0 Å². The topological polar surface area (TPSA) is 84.4 Å². The summed E-state index contributed by atoms with van der Waals surface area (Å²) in [7, 11) is 1.80. The standard InChI is InChI=1S/C28H40N6O.C2H6/c1-21-8-10-22(11-9-21)20-33-18-14-23(15-19-33)31-28(35)26(29)24-12-13-25(32-27(24)30-2)34-16-6-4-3-5-7-17-34;1-2/h8-13,23,29H,3-7,14-20H2,1-2H3,(H,30,32)(H,31,35);1-2H3. The van der Waals surface area contributed by atoms with E-state index in [0.29, 0.717) is 11.4 Å². The van der Waals surface area contributed by atoms with Crippen LogP contribution in [0.1, 0.15) is 75.5 Å². The second-order valence-corrected chi connectivity index (χ2v) is 9.95. The number of aromatic nitrogens is 1. The van der Waals surface area contributed by atoms with Crippen LogP contribution < -0.4 is 15.5 Å². The molecular weight excluding hydrogens is 460 g/mol. The lowest BCUT2D eigenvalue weighted by molar-refractivity contribution is -0.115. The Bertz CT molecular complexity index is 990. The molecule has 3 heterocycles. The lowest BCUT2D eigenvalue weighted by atomic mass is 10.0. The predicted molar refractivity (Wildman–Crippen MR) is 155 cm³/mol. The van der Waals surface area contributed by atoms with Crippen LogP contribution in [0.25, 0.3) is 0 Å². The molecule has 1 amide bonds. The number of aryl methyl sites for hydroxylation is 1. The van der Waals surface area contributed by atoms with Crippen molar-refractivity contribution in [2.75, 3.05) is 43.4 Å². The van der Waals surface area contributed by atoms with E-state index < -0.39 is 0 Å². The molecule has 3 N–H and O–H groups in total. The summed E-state index contributed by atoms with van der Waals surface area (Å²) < 4.78 is 0. The SMILES string of the molecule is CC.CNc1nc(N2CCCCCCC2)ccc1C(=N)C(=O)NC1CCN(Cc2ccc(C)cc2)CC1. The van der Waals surface area contributed by atoms with Crippen molar-refractivity contribution in [1.29, 1.82) is 5.41 Å². The second kappa shape index (κ2) is 14.7. The Kier molecular flexibility index (Phi) is 11.4. The van der Waals surface area contributed by atoms with Gasteiger partial charge in [0.1, 0.15) is 17.3 Å². The van der Waals surface area contributed by atoms with E-state index in [4.69, 9.17) is 10.4 Å². The van der Waals surface area contributed by atoms with Gasteiger partial charge in [-0.3, -0.25) is 15.1 Å². The van der Waals surface area contributed by atoms with Gasteiger partial charge in [0.05, 0.1) is 0 Å². The van der Waals surface area contributed by atoms with Gasteiger partial charge in [-0.25, -0.2) is 4.98 Å². The molecule has 0 spiro atoms. The highest BCUT2D eigenvalue weighted by atomic mass is 16.1. The quantitative estimate of drug-likeness (QED) is 0.439. The molecule has 4 rings (SSSR count). The summed E-state index contributed by atoms with van der Waals surface area (Å²) in [6.07, 6.45) is 8.01. The van der Waals surface area contributed by atoms with Gasteiger partial charge in [0, 0.05) is 51.4 Å². The molecule has 0 aliphatic carbocycles. The zero-order valence-electron chi connectivity index (χ0n) is 23.3. The van der Waals surface area contributed by atoms with E-state index in [9.17, 15) is 4.79 Å². The van der Waals surface area contributed by atoms with E-state index in [-0.39, 0.29) is 17.7 Å². The van der Waals surface area contributed by atoms with Crippen LogP contribution in [0.3, 0.4) is 0 Å². The molecule has 0 saturated carbocycles. The molecule has 2 fully saturated rings. The highest BCUT2D eigenvalue weighted by Gasteiger charge is 2.24. The summed E-state index contributed by atoms with van der Waals surface area (Å²) in [6, 6.07) is 12.6. The first kappa shape index (κ1) is 28.6. The number of nitrogens with zero attached hydrogens (tertiary/aromatic N) is 3. The van der Waals surface area contributed by atoms with Crippen molar-refractivity contribution < 1.29 is 4.79 Å². The summed E-state index contributed by atoms with van der Waals surface area (Å²) in [6.45, 7) is 11.0. The zero-order valence-corrected chi connectivity index (χ0v) is 23.3. The summed E-state index contributed by atoms with van der Waals surface area (Å²) in [5.74, 6) is 1.20. The summed E-state index contributed by atoms with van der Waals surface area (Å²) in [5.41, 5.74) is 3.13. The number of pyridine rings is 1. The number of likely N-dealkylation sites (tertiary alicyclic amines) is 1. The first-order chi connectivity index (χ1) is 18.0. The van der Waals surface area contributed by atoms with Crippen LogP contribution in [-0.2, 0) is 11.3 Å². The third-order valence-electron chi connectivity index (χ3n) is 7.24. The average Bonchev–Trinajstić information content (AvgIpc) is 2.91. The average molecular weight is 507 g/mol. The molecule has 1 aromatic carbocycles. The number of benzene rings is 1. The highest BCUT2D eigenvalue weighted by molar-refractivity contribution is 6.45. The molecule has 2 aliphatic rings. The first-order valence-corrected chi connectivity index (χ1v) is 14.1. The molecule has 0 atom stereocenters. The van der Waals surface area contributed by atoms with E-state index in [1.54, 1.807) is 7.05 Å². The number of anilines is 2. The fourth-order valence-electron chi connectivity index (χ4n) is 5.06. The van der Waals surface area contributed by atoms with Crippen molar-refractivity contribution in [3.05, 3.63) is 53.1 Å². The van der Waals surface area contributed by atoms with E-state index in [1.165, 1.54) is 43.2 Å². The van der Waals surface area contributed by atoms with Gasteiger partial charge < -0.3 is 15.5 Å². The van der Waals surface area contributed by atoms with E-state index >= 15 is 0 Å². The Hall–Kier alpha value is -2.93. The van der Waals surface area contributed by atoms with Crippen LogP contribution in [0.15, 0.2) is 36.4 Å². The number of piperidine rings is 1. The van der Waals surface area contributed by atoms with Crippen molar-refractivity contribution in [1.82, 2.24) is 15.2 Å². The van der Waals surface area contributed by atoms with Crippen molar-refractivity contribution in [3.8, 4) is 0 Å². The maximum Gasteiger partial charge on any atom is 0.270 e. The molecule has 0 bridgehead atoms.